The summed E-state index contributed by atoms with van der Waals surface area (Å²) in [6.07, 6.45) is 6.82. The van der Waals surface area contributed by atoms with Crippen LogP contribution in [0.2, 0.25) is 0 Å². The van der Waals surface area contributed by atoms with Crippen LogP contribution in [0.5, 0.6) is 5.75 Å². The van der Waals surface area contributed by atoms with E-state index in [9.17, 15) is 0 Å². The Labute approximate surface area is 138 Å². The van der Waals surface area contributed by atoms with Gasteiger partial charge in [-0.15, -0.1) is 0 Å². The topological polar surface area (TPSA) is 18.5 Å². The summed E-state index contributed by atoms with van der Waals surface area (Å²) >= 11 is 7.43. The normalized spacial score (nSPS) is 17.4. The van der Waals surface area contributed by atoms with Gasteiger partial charge in [0.15, 0.2) is 0 Å². The highest BCUT2D eigenvalue weighted by Gasteiger charge is 2.20. The Kier molecular flexibility index (Phi) is 6.85. The second-order valence-corrected chi connectivity index (χ2v) is 7.34. The van der Waals surface area contributed by atoms with Gasteiger partial charge in [0.1, 0.15) is 12.4 Å². The highest BCUT2D eigenvalue weighted by atomic mass is 79.9. The molecule has 112 valence electrons. The van der Waals surface area contributed by atoms with Crippen molar-refractivity contribution in [3.63, 3.8) is 0 Å². The van der Waals surface area contributed by atoms with Gasteiger partial charge in [0.25, 0.3) is 0 Å². The minimum atomic E-state index is 0.440. The van der Waals surface area contributed by atoms with E-state index >= 15 is 0 Å². The molecule has 20 heavy (non-hydrogen) atoms. The molecule has 4 heteroatoms. The summed E-state index contributed by atoms with van der Waals surface area (Å²) in [4.78, 5) is 0.440. The van der Waals surface area contributed by atoms with Crippen molar-refractivity contribution in [3.05, 3.63) is 28.2 Å². The van der Waals surface area contributed by atoms with E-state index in [0.717, 1.165) is 16.1 Å². The van der Waals surface area contributed by atoms with Gasteiger partial charge in [-0.05, 0) is 46.0 Å². The maximum Gasteiger partial charge on any atom is 0.133 e. The molecule has 1 unspecified atom stereocenters. The van der Waals surface area contributed by atoms with E-state index in [1.807, 2.05) is 6.07 Å². The van der Waals surface area contributed by atoms with Crippen LogP contribution in [0.25, 0.3) is 0 Å². The first-order valence-corrected chi connectivity index (χ1v) is 8.97. The summed E-state index contributed by atoms with van der Waals surface area (Å²) in [6.45, 7) is 1.19. The summed E-state index contributed by atoms with van der Waals surface area (Å²) in [5.74, 6) is 1.77. The maximum absolute atomic E-state index is 5.66. The fourth-order valence-electron chi connectivity index (χ4n) is 2.74. The van der Waals surface area contributed by atoms with E-state index in [4.69, 9.17) is 9.47 Å². The van der Waals surface area contributed by atoms with Crippen molar-refractivity contribution in [3.8, 4) is 5.75 Å². The highest BCUT2D eigenvalue weighted by molar-refractivity contribution is 9.10. The van der Waals surface area contributed by atoms with Gasteiger partial charge in [-0.2, -0.15) is 0 Å². The molecule has 0 radical (unpaired) electrons. The fourth-order valence-corrected chi connectivity index (χ4v) is 4.06. The van der Waals surface area contributed by atoms with Crippen LogP contribution in [0.3, 0.4) is 0 Å². The Morgan fingerprint density at radius 2 is 2.00 bits per heavy atom. The van der Waals surface area contributed by atoms with Crippen molar-refractivity contribution >= 4 is 31.9 Å². The molecule has 1 aliphatic carbocycles. The Bertz CT molecular complexity index is 417. The molecule has 0 spiro atoms. The third-order valence-corrected chi connectivity index (χ3v) is 5.40. The third-order valence-electron chi connectivity index (χ3n) is 3.88. The summed E-state index contributed by atoms with van der Waals surface area (Å²) in [6, 6.07) is 6.36. The minimum Gasteiger partial charge on any atom is -0.490 e. The Hall–Kier alpha value is -0.0600. The molecule has 2 nitrogen and oxygen atoms in total. The maximum atomic E-state index is 5.66. The Morgan fingerprint density at radius 3 is 2.65 bits per heavy atom. The highest BCUT2D eigenvalue weighted by Crippen LogP contribution is 2.39. The van der Waals surface area contributed by atoms with Crippen LogP contribution in [0.15, 0.2) is 22.7 Å². The van der Waals surface area contributed by atoms with Crippen molar-refractivity contribution in [1.29, 1.82) is 0 Å². The molecule has 1 aromatic rings. The molecule has 1 aromatic carbocycles. The van der Waals surface area contributed by atoms with Gasteiger partial charge in [-0.25, -0.2) is 0 Å². The van der Waals surface area contributed by atoms with Gasteiger partial charge in [-0.1, -0.05) is 47.7 Å². The second-order valence-electron chi connectivity index (χ2n) is 5.38. The lowest BCUT2D eigenvalue weighted by molar-refractivity contribution is 0.146. The first-order valence-electron chi connectivity index (χ1n) is 7.26. The molecule has 0 bridgehead atoms. The molecular weight excluding hydrogens is 384 g/mol. The zero-order valence-corrected chi connectivity index (χ0v) is 15.1. The summed E-state index contributed by atoms with van der Waals surface area (Å²) in [5, 5.41) is 0. The quantitative estimate of drug-likeness (QED) is 0.441. The Morgan fingerprint density at radius 1 is 1.25 bits per heavy atom. The third kappa shape index (κ3) is 4.74. The molecule has 2 rings (SSSR count). The van der Waals surface area contributed by atoms with Crippen LogP contribution in [-0.2, 0) is 4.74 Å². The zero-order chi connectivity index (χ0) is 14.4. The van der Waals surface area contributed by atoms with Gasteiger partial charge < -0.3 is 9.47 Å². The number of rotatable bonds is 7. The lowest BCUT2D eigenvalue weighted by Crippen LogP contribution is -2.05. The minimum absolute atomic E-state index is 0.440. The van der Waals surface area contributed by atoms with Crippen LogP contribution in [-0.4, -0.2) is 20.3 Å². The van der Waals surface area contributed by atoms with E-state index in [1.54, 1.807) is 7.11 Å². The van der Waals surface area contributed by atoms with Gasteiger partial charge >= 0.3 is 0 Å². The van der Waals surface area contributed by atoms with Crippen molar-refractivity contribution < 1.29 is 9.47 Å². The summed E-state index contributed by atoms with van der Waals surface area (Å²) < 4.78 is 11.7. The molecule has 0 amide bonds. The van der Waals surface area contributed by atoms with Gasteiger partial charge in [0, 0.05) is 11.9 Å². The molecule has 0 saturated heterocycles. The van der Waals surface area contributed by atoms with Crippen LogP contribution < -0.4 is 4.74 Å². The standard InChI is InChI=1S/C16H22Br2O2/c1-19-8-9-20-16-7-6-13(11-15(16)18)14(17)10-12-4-2-3-5-12/h6-7,11-12,14H,2-5,8-10H2,1H3. The summed E-state index contributed by atoms with van der Waals surface area (Å²) in [7, 11) is 1.68. The Balaban J connectivity index is 1.92. The van der Waals surface area contributed by atoms with Crippen molar-refractivity contribution in [2.24, 2.45) is 5.92 Å². The predicted molar refractivity (Wildman–Crippen MR) is 89.8 cm³/mol. The molecule has 1 fully saturated rings. The van der Waals surface area contributed by atoms with Crippen LogP contribution in [0.4, 0.5) is 0 Å². The van der Waals surface area contributed by atoms with E-state index < -0.39 is 0 Å². The molecule has 0 aromatic heterocycles. The molecule has 0 heterocycles. The number of halogens is 2. The van der Waals surface area contributed by atoms with Gasteiger partial charge in [0.05, 0.1) is 11.1 Å². The first kappa shape index (κ1) is 16.3. The van der Waals surface area contributed by atoms with Crippen LogP contribution >= 0.6 is 31.9 Å². The molecule has 1 atom stereocenters. The second kappa shape index (κ2) is 8.40. The lowest BCUT2D eigenvalue weighted by Gasteiger charge is -2.16. The molecule has 0 N–H and O–H groups in total. The number of alkyl halides is 1. The van der Waals surface area contributed by atoms with Crippen molar-refractivity contribution in [2.75, 3.05) is 20.3 Å². The fraction of sp³-hybridized carbons (Fsp3) is 0.625. The monoisotopic (exact) mass is 404 g/mol. The zero-order valence-electron chi connectivity index (χ0n) is 11.9. The number of ether oxygens (including phenoxy) is 2. The van der Waals surface area contributed by atoms with E-state index in [2.05, 4.69) is 44.0 Å². The summed E-state index contributed by atoms with van der Waals surface area (Å²) in [5.41, 5.74) is 1.32. The smallest absolute Gasteiger partial charge is 0.133 e. The van der Waals surface area contributed by atoms with Crippen LogP contribution in [0.1, 0.15) is 42.5 Å². The molecule has 1 aliphatic rings. The molecule has 0 aliphatic heterocycles. The first-order chi connectivity index (χ1) is 9.70. The molecule has 1 saturated carbocycles. The number of hydrogen-bond acceptors (Lipinski definition) is 2. The lowest BCUT2D eigenvalue weighted by atomic mass is 9.98. The number of methoxy groups -OCH3 is 1. The van der Waals surface area contributed by atoms with Gasteiger partial charge in [0.2, 0.25) is 0 Å². The predicted octanol–water partition coefficient (Wildman–Crippen LogP) is 5.49. The SMILES string of the molecule is COCCOc1ccc(C(Br)CC2CCCC2)cc1Br. The van der Waals surface area contributed by atoms with E-state index in [1.165, 1.54) is 37.7 Å². The van der Waals surface area contributed by atoms with E-state index in [-0.39, 0.29) is 0 Å². The largest absolute Gasteiger partial charge is 0.490 e. The van der Waals surface area contributed by atoms with Crippen molar-refractivity contribution in [1.82, 2.24) is 0 Å². The van der Waals surface area contributed by atoms with E-state index in [0.29, 0.717) is 18.0 Å². The van der Waals surface area contributed by atoms with Gasteiger partial charge in [-0.3, -0.25) is 0 Å². The average molecular weight is 406 g/mol. The number of benzene rings is 1. The van der Waals surface area contributed by atoms with Crippen molar-refractivity contribution in [2.45, 2.75) is 36.9 Å². The average Bonchev–Trinajstić information content (AvgIpc) is 2.93. The van der Waals surface area contributed by atoms with Crippen LogP contribution in [0, 0.1) is 5.92 Å². The molecular formula is C16H22Br2O2. The number of hydrogen-bond donors (Lipinski definition) is 0.